The maximum atomic E-state index is 12.0. The first-order chi connectivity index (χ1) is 9.31. The van der Waals surface area contributed by atoms with E-state index < -0.39 is 0 Å². The van der Waals surface area contributed by atoms with Gasteiger partial charge in [-0.05, 0) is 44.0 Å². The first kappa shape index (κ1) is 12.2. The first-order valence-electron chi connectivity index (χ1n) is 6.76. The van der Waals surface area contributed by atoms with Crippen molar-refractivity contribution in [3.05, 3.63) is 24.3 Å². The number of fused-ring (bicyclic) bond motifs is 1. The molecule has 2 heterocycles. The van der Waals surface area contributed by atoms with E-state index in [0.29, 0.717) is 18.3 Å². The molecule has 5 nitrogen and oxygen atoms in total. The van der Waals surface area contributed by atoms with Crippen LogP contribution in [0.4, 0.5) is 5.95 Å². The summed E-state index contributed by atoms with van der Waals surface area (Å²) in [5.74, 6) is 1.08. The Morgan fingerprint density at radius 2 is 2.11 bits per heavy atom. The fourth-order valence-electron chi connectivity index (χ4n) is 2.54. The minimum atomic E-state index is 0.0472. The standard InChI is InChI=1S/C14H18N4O/c19-13(9-10-5-7-15-8-6-10)18-14-16-11-3-1-2-4-12(11)17-14/h1-4,10,15H,5-9H2,(H2,16,17,18,19). The lowest BCUT2D eigenvalue weighted by molar-refractivity contribution is -0.117. The summed E-state index contributed by atoms with van der Waals surface area (Å²) >= 11 is 0. The Morgan fingerprint density at radius 1 is 1.32 bits per heavy atom. The number of hydrogen-bond acceptors (Lipinski definition) is 3. The van der Waals surface area contributed by atoms with Crippen molar-refractivity contribution in [3.8, 4) is 0 Å². The first-order valence-corrected chi connectivity index (χ1v) is 6.76. The second kappa shape index (κ2) is 5.40. The van der Waals surface area contributed by atoms with Crippen LogP contribution in [-0.2, 0) is 4.79 Å². The van der Waals surface area contributed by atoms with E-state index in [-0.39, 0.29) is 5.91 Å². The number of nitrogens with zero attached hydrogens (tertiary/aromatic N) is 1. The van der Waals surface area contributed by atoms with Crippen molar-refractivity contribution in [2.75, 3.05) is 18.4 Å². The van der Waals surface area contributed by atoms with Crippen LogP contribution >= 0.6 is 0 Å². The highest BCUT2D eigenvalue weighted by atomic mass is 16.1. The van der Waals surface area contributed by atoms with Gasteiger partial charge in [-0.1, -0.05) is 12.1 Å². The number of H-pyrrole nitrogens is 1. The number of anilines is 1. The van der Waals surface area contributed by atoms with E-state index in [9.17, 15) is 4.79 Å². The third-order valence-electron chi connectivity index (χ3n) is 3.58. The fourth-order valence-corrected chi connectivity index (χ4v) is 2.54. The molecule has 0 bridgehead atoms. The highest BCUT2D eigenvalue weighted by molar-refractivity contribution is 5.91. The van der Waals surface area contributed by atoms with E-state index in [2.05, 4.69) is 20.6 Å². The Hall–Kier alpha value is -1.88. The highest BCUT2D eigenvalue weighted by Gasteiger charge is 2.17. The molecule has 1 aliphatic rings. The number of imidazole rings is 1. The molecule has 0 aliphatic carbocycles. The van der Waals surface area contributed by atoms with Crippen molar-refractivity contribution in [3.63, 3.8) is 0 Å². The van der Waals surface area contributed by atoms with Crippen molar-refractivity contribution < 1.29 is 4.79 Å². The van der Waals surface area contributed by atoms with Gasteiger partial charge in [-0.3, -0.25) is 10.1 Å². The number of carbonyl (C=O) groups excluding carboxylic acids is 1. The van der Waals surface area contributed by atoms with Crippen LogP contribution in [-0.4, -0.2) is 29.0 Å². The number of nitrogens with one attached hydrogen (secondary N) is 3. The summed E-state index contributed by atoms with van der Waals surface area (Å²) < 4.78 is 0. The Bertz CT molecular complexity index is 539. The third kappa shape index (κ3) is 2.93. The zero-order valence-electron chi connectivity index (χ0n) is 10.8. The predicted octanol–water partition coefficient (Wildman–Crippen LogP) is 1.89. The van der Waals surface area contributed by atoms with Gasteiger partial charge in [0.15, 0.2) is 0 Å². The summed E-state index contributed by atoms with van der Waals surface area (Å²) in [5.41, 5.74) is 1.82. The van der Waals surface area contributed by atoms with E-state index in [0.717, 1.165) is 37.0 Å². The van der Waals surface area contributed by atoms with Gasteiger partial charge in [0.2, 0.25) is 11.9 Å². The lowest BCUT2D eigenvalue weighted by Crippen LogP contribution is -2.30. The van der Waals surface area contributed by atoms with Crippen LogP contribution in [0.3, 0.4) is 0 Å². The van der Waals surface area contributed by atoms with Gasteiger partial charge < -0.3 is 10.3 Å². The number of aromatic amines is 1. The van der Waals surface area contributed by atoms with Crippen LogP contribution in [0.2, 0.25) is 0 Å². The van der Waals surface area contributed by atoms with E-state index in [1.165, 1.54) is 0 Å². The lowest BCUT2D eigenvalue weighted by Gasteiger charge is -2.21. The maximum absolute atomic E-state index is 12.0. The Morgan fingerprint density at radius 3 is 2.89 bits per heavy atom. The second-order valence-corrected chi connectivity index (χ2v) is 5.05. The molecule has 3 N–H and O–H groups in total. The molecule has 1 fully saturated rings. The van der Waals surface area contributed by atoms with Crippen molar-refractivity contribution in [2.24, 2.45) is 5.92 Å². The number of piperidine rings is 1. The van der Waals surface area contributed by atoms with Gasteiger partial charge in [0, 0.05) is 6.42 Å². The molecular weight excluding hydrogens is 240 g/mol. The molecule has 1 aromatic carbocycles. The van der Waals surface area contributed by atoms with E-state index >= 15 is 0 Å². The lowest BCUT2D eigenvalue weighted by atomic mass is 9.94. The number of benzene rings is 1. The summed E-state index contributed by atoms with van der Waals surface area (Å²) in [6.07, 6.45) is 2.74. The molecule has 0 spiro atoms. The topological polar surface area (TPSA) is 69.8 Å². The third-order valence-corrected chi connectivity index (χ3v) is 3.58. The Labute approximate surface area is 111 Å². The van der Waals surface area contributed by atoms with Crippen molar-refractivity contribution >= 4 is 22.9 Å². The molecule has 0 atom stereocenters. The second-order valence-electron chi connectivity index (χ2n) is 5.05. The monoisotopic (exact) mass is 258 g/mol. The normalized spacial score (nSPS) is 16.6. The van der Waals surface area contributed by atoms with Gasteiger partial charge in [-0.15, -0.1) is 0 Å². The number of amides is 1. The predicted molar refractivity (Wildman–Crippen MR) is 74.9 cm³/mol. The number of aromatic nitrogens is 2. The van der Waals surface area contributed by atoms with Crippen molar-refractivity contribution in [1.82, 2.24) is 15.3 Å². The number of rotatable bonds is 3. The highest BCUT2D eigenvalue weighted by Crippen LogP contribution is 2.17. The molecule has 0 unspecified atom stereocenters. The average Bonchev–Trinajstić information content (AvgIpc) is 2.81. The molecule has 1 amide bonds. The number of carbonyl (C=O) groups is 1. The molecule has 0 radical (unpaired) electrons. The van der Waals surface area contributed by atoms with E-state index in [1.54, 1.807) is 0 Å². The molecule has 19 heavy (non-hydrogen) atoms. The van der Waals surface area contributed by atoms with E-state index in [4.69, 9.17) is 0 Å². The zero-order valence-corrected chi connectivity index (χ0v) is 10.8. The molecule has 1 saturated heterocycles. The van der Waals surface area contributed by atoms with Gasteiger partial charge in [0.1, 0.15) is 0 Å². The molecule has 2 aromatic rings. The van der Waals surface area contributed by atoms with Crippen LogP contribution in [0, 0.1) is 5.92 Å². The molecular formula is C14H18N4O. The summed E-state index contributed by atoms with van der Waals surface area (Å²) in [6, 6.07) is 7.75. The summed E-state index contributed by atoms with van der Waals surface area (Å²) in [6.45, 7) is 2.03. The van der Waals surface area contributed by atoms with Crippen LogP contribution in [0.5, 0.6) is 0 Å². The van der Waals surface area contributed by atoms with E-state index in [1.807, 2.05) is 24.3 Å². The van der Waals surface area contributed by atoms with Crippen LogP contribution in [0.25, 0.3) is 11.0 Å². The summed E-state index contributed by atoms with van der Waals surface area (Å²) in [7, 11) is 0. The van der Waals surface area contributed by atoms with Gasteiger partial charge in [0.05, 0.1) is 11.0 Å². The number of para-hydroxylation sites is 2. The Kier molecular flexibility index (Phi) is 3.46. The minimum Gasteiger partial charge on any atom is -0.324 e. The summed E-state index contributed by atoms with van der Waals surface area (Å²) in [4.78, 5) is 19.4. The molecule has 1 aliphatic heterocycles. The maximum Gasteiger partial charge on any atom is 0.226 e. The molecule has 100 valence electrons. The average molecular weight is 258 g/mol. The van der Waals surface area contributed by atoms with Gasteiger partial charge >= 0.3 is 0 Å². The Balaban J connectivity index is 1.62. The SMILES string of the molecule is O=C(CC1CCNCC1)Nc1nc2ccccc2[nH]1. The number of hydrogen-bond donors (Lipinski definition) is 3. The summed E-state index contributed by atoms with van der Waals surface area (Å²) in [5, 5.41) is 6.16. The molecule has 3 rings (SSSR count). The smallest absolute Gasteiger partial charge is 0.226 e. The van der Waals surface area contributed by atoms with Crippen LogP contribution in [0.15, 0.2) is 24.3 Å². The van der Waals surface area contributed by atoms with Crippen LogP contribution < -0.4 is 10.6 Å². The zero-order chi connectivity index (χ0) is 13.1. The fraction of sp³-hybridized carbons (Fsp3) is 0.429. The molecule has 0 saturated carbocycles. The largest absolute Gasteiger partial charge is 0.324 e. The van der Waals surface area contributed by atoms with Crippen molar-refractivity contribution in [2.45, 2.75) is 19.3 Å². The van der Waals surface area contributed by atoms with Crippen molar-refractivity contribution in [1.29, 1.82) is 0 Å². The molecule has 1 aromatic heterocycles. The quantitative estimate of drug-likeness (QED) is 0.787. The van der Waals surface area contributed by atoms with Crippen LogP contribution in [0.1, 0.15) is 19.3 Å². The van der Waals surface area contributed by atoms with Gasteiger partial charge in [-0.2, -0.15) is 0 Å². The minimum absolute atomic E-state index is 0.0472. The van der Waals surface area contributed by atoms with Gasteiger partial charge in [0.25, 0.3) is 0 Å². The van der Waals surface area contributed by atoms with Gasteiger partial charge in [-0.25, -0.2) is 4.98 Å². The molecule has 5 heteroatoms.